The number of ether oxygens (including phenoxy) is 1. The molecule has 2 heterocycles. The van der Waals surface area contributed by atoms with Crippen molar-refractivity contribution in [1.82, 2.24) is 15.0 Å². The molecule has 0 amide bonds. The summed E-state index contributed by atoms with van der Waals surface area (Å²) in [6.07, 6.45) is 2.01. The number of H-pyrrole nitrogens is 2. The van der Waals surface area contributed by atoms with E-state index in [4.69, 9.17) is 4.74 Å². The van der Waals surface area contributed by atoms with Gasteiger partial charge >= 0.3 is 59.1 Å². The van der Waals surface area contributed by atoms with Gasteiger partial charge in [0.25, 0.3) is 5.56 Å². The van der Waals surface area contributed by atoms with Crippen LogP contribution in [-0.4, -0.2) is 21.3 Å². The van der Waals surface area contributed by atoms with Crippen LogP contribution in [0.15, 0.2) is 51.4 Å². The number of aromatic nitrogens is 3. The quantitative estimate of drug-likeness (QED) is 0.324. The second-order valence-electron chi connectivity index (χ2n) is 4.54. The Balaban J connectivity index is 0.00000156. The third-order valence-corrected chi connectivity index (χ3v) is 4.42. The smallest absolute Gasteiger partial charge is 0.808 e. The van der Waals surface area contributed by atoms with E-state index >= 15 is 0 Å². The van der Waals surface area contributed by atoms with Crippen LogP contribution in [-0.2, 0) is 4.57 Å². The Morgan fingerprint density at radius 1 is 1.16 bits per heavy atom. The van der Waals surface area contributed by atoms with Gasteiger partial charge in [-0.15, -0.1) is 0 Å². The summed E-state index contributed by atoms with van der Waals surface area (Å²) < 4.78 is 15.8. The number of nitrogens with one attached hydrogen (secondary N) is 2. The third kappa shape index (κ3) is 5.97. The molecule has 0 saturated carbocycles. The van der Waals surface area contributed by atoms with Gasteiger partial charge in [-0.2, -0.15) is 0 Å². The molecule has 120 valence electrons. The fourth-order valence-corrected chi connectivity index (χ4v) is 3.20. The van der Waals surface area contributed by atoms with E-state index in [1.807, 2.05) is 0 Å². The number of para-hydroxylation sites is 1. The molecule has 8 nitrogen and oxygen atoms in total. The van der Waals surface area contributed by atoms with Gasteiger partial charge in [-0.25, -0.2) is 4.98 Å². The molecule has 1 aromatic carbocycles. The van der Waals surface area contributed by atoms with Crippen molar-refractivity contribution >= 4 is 30.4 Å². The topological polar surface area (TPSA) is 134 Å². The number of aromatic amines is 2. The number of rotatable bonds is 5. The summed E-state index contributed by atoms with van der Waals surface area (Å²) in [5.41, 5.74) is 0.550. The van der Waals surface area contributed by atoms with Crippen LogP contribution in [0.2, 0.25) is 0 Å². The predicted octanol–water partition coefficient (Wildman–Crippen LogP) is -5.34. The van der Waals surface area contributed by atoms with Crippen molar-refractivity contribution in [2.45, 2.75) is 9.79 Å². The van der Waals surface area contributed by atoms with Crippen molar-refractivity contribution in [2.75, 3.05) is 6.35 Å². The van der Waals surface area contributed by atoms with Crippen molar-refractivity contribution in [2.24, 2.45) is 0 Å². The molecule has 0 aliphatic carbocycles. The third-order valence-electron chi connectivity index (χ3n) is 2.88. The van der Waals surface area contributed by atoms with E-state index in [1.54, 1.807) is 30.5 Å². The molecule has 3 rings (SSSR count). The van der Waals surface area contributed by atoms with Crippen molar-refractivity contribution in [3.05, 3.63) is 47.1 Å². The van der Waals surface area contributed by atoms with Crippen LogP contribution in [0.5, 0.6) is 5.75 Å². The summed E-state index contributed by atoms with van der Waals surface area (Å²) in [6, 6.07) is 6.69. The zero-order valence-electron chi connectivity index (χ0n) is 13.5. The van der Waals surface area contributed by atoms with Gasteiger partial charge < -0.3 is 29.1 Å². The van der Waals surface area contributed by atoms with Gasteiger partial charge in [0, 0.05) is 6.20 Å². The molecule has 0 bridgehead atoms. The molecule has 2 N–H and O–H groups in total. The molecule has 0 atom stereocenters. The molecule has 0 fully saturated rings. The minimum Gasteiger partial charge on any atom is -0.808 e. The van der Waals surface area contributed by atoms with E-state index in [1.165, 1.54) is 18.1 Å². The molecule has 25 heavy (non-hydrogen) atoms. The first kappa shape index (κ1) is 23.0. The summed E-state index contributed by atoms with van der Waals surface area (Å²) in [6.45, 7) is 0. The fourth-order valence-electron chi connectivity index (χ4n) is 1.93. The van der Waals surface area contributed by atoms with Crippen molar-refractivity contribution in [3.8, 4) is 5.75 Å². The Morgan fingerprint density at radius 2 is 1.88 bits per heavy atom. The second kappa shape index (κ2) is 9.75. The van der Waals surface area contributed by atoms with Gasteiger partial charge in [0.1, 0.15) is 23.1 Å². The Labute approximate surface area is 190 Å². The van der Waals surface area contributed by atoms with Crippen LogP contribution in [0.4, 0.5) is 0 Å². The Hall–Kier alpha value is -0.0600. The van der Waals surface area contributed by atoms with Crippen molar-refractivity contribution in [3.63, 3.8) is 0 Å². The molecule has 0 spiro atoms. The first-order chi connectivity index (χ1) is 10.9. The summed E-state index contributed by atoms with van der Waals surface area (Å²) >= 11 is 1.24. The van der Waals surface area contributed by atoms with E-state index in [0.29, 0.717) is 20.8 Å². The number of hydrogen-bond donors (Lipinski definition) is 2. The van der Waals surface area contributed by atoms with Gasteiger partial charge in [-0.05, 0) is 19.7 Å². The van der Waals surface area contributed by atoms with Gasteiger partial charge in [0.15, 0.2) is 0 Å². The number of fused-ring (bicyclic) bond motifs is 1. The van der Waals surface area contributed by atoms with E-state index in [9.17, 15) is 19.1 Å². The second-order valence-corrected chi connectivity index (χ2v) is 7.11. The number of benzene rings is 1. The maximum atomic E-state index is 11.7. The van der Waals surface area contributed by atoms with Crippen molar-refractivity contribution in [1.29, 1.82) is 0 Å². The Kier molecular flexibility index (Phi) is 8.97. The maximum Gasteiger partial charge on any atom is 1.00 e. The average Bonchev–Trinajstić information content (AvgIpc) is 2.90. The SMILES string of the molecule is O=c1[nH]cnc2c(Sc3ccccc3OCP(=O)([O-])[O-])c[nH]c12.[Na+].[Na+]. The van der Waals surface area contributed by atoms with E-state index in [2.05, 4.69) is 15.0 Å². The first-order valence-corrected chi connectivity index (χ1v) is 8.94. The molecule has 0 radical (unpaired) electrons. The van der Waals surface area contributed by atoms with Crippen LogP contribution < -0.4 is 79.2 Å². The van der Waals surface area contributed by atoms with Gasteiger partial charge in [0.2, 0.25) is 0 Å². The zero-order valence-corrected chi connectivity index (χ0v) is 19.2. The van der Waals surface area contributed by atoms with Crippen LogP contribution in [0, 0.1) is 0 Å². The maximum absolute atomic E-state index is 11.7. The monoisotopic (exact) mass is 397 g/mol. The summed E-state index contributed by atoms with van der Waals surface area (Å²) in [5, 5.41) is 0. The molecule has 0 unspecified atom stereocenters. The molecule has 12 heteroatoms. The van der Waals surface area contributed by atoms with Crippen LogP contribution in [0.25, 0.3) is 11.0 Å². The Bertz CT molecular complexity index is 958. The van der Waals surface area contributed by atoms with Crippen LogP contribution >= 0.6 is 19.4 Å². The molecule has 0 aliphatic heterocycles. The normalized spacial score (nSPS) is 10.8. The largest absolute Gasteiger partial charge is 1.00 e. The number of nitrogens with zero attached hydrogens (tertiary/aromatic N) is 1. The molecule has 3 aromatic rings. The number of hydrogen-bond acceptors (Lipinski definition) is 7. The molecular weight excluding hydrogens is 387 g/mol. The standard InChI is InChI=1S/C13H12N3O5PS.2Na/c17-13-12-11(15-6-16-13)10(5-14-12)23-9-4-2-1-3-8(9)21-7-22(18,19)20;;/h1-6,14H,7H2,(H,15,16,17)(H2,18,19,20);;/q;2*+1/p-2. The van der Waals surface area contributed by atoms with E-state index in [0.717, 1.165) is 0 Å². The molecule has 2 aromatic heterocycles. The van der Waals surface area contributed by atoms with Crippen LogP contribution in [0.3, 0.4) is 0 Å². The fraction of sp³-hybridized carbons (Fsp3) is 0.0769. The molecular formula is C13H10N3Na2O5PS. The summed E-state index contributed by atoms with van der Waals surface area (Å²) in [4.78, 5) is 43.8. The molecule has 0 saturated heterocycles. The minimum atomic E-state index is -4.76. The van der Waals surface area contributed by atoms with Crippen molar-refractivity contribution < 1.29 is 78.2 Å². The zero-order chi connectivity index (χ0) is 16.4. The summed E-state index contributed by atoms with van der Waals surface area (Å²) in [7, 11) is -4.76. The van der Waals surface area contributed by atoms with Gasteiger partial charge in [-0.1, -0.05) is 23.9 Å². The van der Waals surface area contributed by atoms with E-state index < -0.39 is 13.9 Å². The van der Waals surface area contributed by atoms with Gasteiger partial charge in [-0.3, -0.25) is 4.79 Å². The average molecular weight is 397 g/mol. The molecule has 0 aliphatic rings. The van der Waals surface area contributed by atoms with Crippen LogP contribution in [0.1, 0.15) is 0 Å². The van der Waals surface area contributed by atoms with Gasteiger partial charge in [0.05, 0.1) is 16.1 Å². The predicted molar refractivity (Wildman–Crippen MR) is 80.4 cm³/mol. The van der Waals surface area contributed by atoms with E-state index in [-0.39, 0.29) is 70.4 Å². The first-order valence-electron chi connectivity index (χ1n) is 6.39. The summed E-state index contributed by atoms with van der Waals surface area (Å²) in [5.74, 6) is 0.267. The Morgan fingerprint density at radius 3 is 2.60 bits per heavy atom. The minimum absolute atomic E-state index is 0.